The first-order valence-corrected chi connectivity index (χ1v) is 9.12. The molecule has 0 aliphatic carbocycles. The molecule has 0 aliphatic rings. The molecule has 6 nitrogen and oxygen atoms in total. The standard InChI is InChI=1S/C23H20N2O4/c1-27-19-12-16(22-24-18-11-7-6-10-17(18)23(26)25-22)13-20(21(19)28-2)29-14-15-8-4-3-5-9-15/h3-13H,14H2,1-2H3,(H,24,25,26). The average molecular weight is 388 g/mol. The zero-order valence-corrected chi connectivity index (χ0v) is 16.1. The maximum absolute atomic E-state index is 12.5. The quantitative estimate of drug-likeness (QED) is 0.536. The fourth-order valence-electron chi connectivity index (χ4n) is 3.13. The summed E-state index contributed by atoms with van der Waals surface area (Å²) in [4.78, 5) is 19.9. The number of para-hydroxylation sites is 1. The van der Waals surface area contributed by atoms with E-state index in [9.17, 15) is 4.79 Å². The predicted molar refractivity (Wildman–Crippen MR) is 112 cm³/mol. The number of hydrogen-bond acceptors (Lipinski definition) is 5. The molecule has 1 N–H and O–H groups in total. The number of aromatic nitrogens is 2. The molecular formula is C23H20N2O4. The van der Waals surface area contributed by atoms with Crippen molar-refractivity contribution in [3.8, 4) is 28.6 Å². The van der Waals surface area contributed by atoms with Crippen molar-refractivity contribution in [2.75, 3.05) is 14.2 Å². The third kappa shape index (κ3) is 3.78. The fraction of sp³-hybridized carbons (Fsp3) is 0.130. The Kier molecular flexibility index (Phi) is 5.16. The fourth-order valence-corrected chi connectivity index (χ4v) is 3.13. The summed E-state index contributed by atoms with van der Waals surface area (Å²) in [6, 6.07) is 20.6. The zero-order valence-electron chi connectivity index (χ0n) is 16.1. The van der Waals surface area contributed by atoms with Gasteiger partial charge in [0.1, 0.15) is 12.4 Å². The van der Waals surface area contributed by atoms with Crippen molar-refractivity contribution in [1.29, 1.82) is 0 Å². The first-order chi connectivity index (χ1) is 14.2. The topological polar surface area (TPSA) is 73.4 Å². The van der Waals surface area contributed by atoms with Crippen molar-refractivity contribution in [3.05, 3.63) is 82.6 Å². The van der Waals surface area contributed by atoms with Crippen LogP contribution in [-0.4, -0.2) is 24.2 Å². The minimum atomic E-state index is -0.202. The first-order valence-electron chi connectivity index (χ1n) is 9.12. The molecule has 0 unspecified atom stereocenters. The van der Waals surface area contributed by atoms with E-state index in [1.165, 1.54) is 0 Å². The van der Waals surface area contributed by atoms with Gasteiger partial charge in [0.05, 0.1) is 25.1 Å². The molecule has 146 valence electrons. The lowest BCUT2D eigenvalue weighted by atomic mass is 10.1. The first kappa shape index (κ1) is 18.6. The molecular weight excluding hydrogens is 368 g/mol. The van der Waals surface area contributed by atoms with Gasteiger partial charge in [-0.1, -0.05) is 42.5 Å². The largest absolute Gasteiger partial charge is 0.493 e. The number of ether oxygens (including phenoxy) is 3. The molecule has 3 aromatic carbocycles. The van der Waals surface area contributed by atoms with Crippen molar-refractivity contribution < 1.29 is 14.2 Å². The van der Waals surface area contributed by atoms with Gasteiger partial charge >= 0.3 is 0 Å². The summed E-state index contributed by atoms with van der Waals surface area (Å²) >= 11 is 0. The molecule has 4 rings (SSSR count). The van der Waals surface area contributed by atoms with Crippen LogP contribution in [0.1, 0.15) is 5.56 Å². The van der Waals surface area contributed by atoms with Crippen LogP contribution in [0.3, 0.4) is 0 Å². The monoisotopic (exact) mass is 388 g/mol. The Balaban J connectivity index is 1.79. The third-order valence-corrected chi connectivity index (χ3v) is 4.57. The predicted octanol–water partition coefficient (Wildman–Crippen LogP) is 4.19. The Hall–Kier alpha value is -3.80. The van der Waals surface area contributed by atoms with E-state index in [1.807, 2.05) is 48.5 Å². The summed E-state index contributed by atoms with van der Waals surface area (Å²) in [5, 5.41) is 0.539. The summed E-state index contributed by atoms with van der Waals surface area (Å²) in [7, 11) is 3.11. The van der Waals surface area contributed by atoms with E-state index in [2.05, 4.69) is 9.97 Å². The van der Waals surface area contributed by atoms with Gasteiger partial charge in [-0.3, -0.25) is 4.79 Å². The van der Waals surface area contributed by atoms with Gasteiger partial charge in [0.25, 0.3) is 5.56 Å². The second kappa shape index (κ2) is 8.06. The summed E-state index contributed by atoms with van der Waals surface area (Å²) in [6.45, 7) is 0.367. The molecule has 0 spiro atoms. The normalized spacial score (nSPS) is 10.7. The second-order valence-corrected chi connectivity index (χ2v) is 6.42. The van der Waals surface area contributed by atoms with Gasteiger partial charge in [0.15, 0.2) is 11.5 Å². The molecule has 6 heteroatoms. The number of methoxy groups -OCH3 is 2. The van der Waals surface area contributed by atoms with Crippen molar-refractivity contribution in [2.45, 2.75) is 6.61 Å². The Morgan fingerprint density at radius 3 is 2.38 bits per heavy atom. The zero-order chi connectivity index (χ0) is 20.2. The molecule has 0 bridgehead atoms. The van der Waals surface area contributed by atoms with Crippen LogP contribution in [0.15, 0.2) is 71.5 Å². The molecule has 0 fully saturated rings. The smallest absolute Gasteiger partial charge is 0.259 e. The lowest BCUT2D eigenvalue weighted by molar-refractivity contribution is 0.275. The summed E-state index contributed by atoms with van der Waals surface area (Å²) < 4.78 is 17.0. The van der Waals surface area contributed by atoms with Crippen molar-refractivity contribution in [3.63, 3.8) is 0 Å². The number of aromatic amines is 1. The van der Waals surface area contributed by atoms with Gasteiger partial charge in [-0.05, 0) is 29.8 Å². The average Bonchev–Trinajstić information content (AvgIpc) is 2.77. The highest BCUT2D eigenvalue weighted by Crippen LogP contribution is 2.41. The highest BCUT2D eigenvalue weighted by Gasteiger charge is 2.17. The van der Waals surface area contributed by atoms with Crippen molar-refractivity contribution >= 4 is 10.9 Å². The van der Waals surface area contributed by atoms with E-state index in [0.717, 1.165) is 5.56 Å². The van der Waals surface area contributed by atoms with Crippen LogP contribution in [0.5, 0.6) is 17.2 Å². The second-order valence-electron chi connectivity index (χ2n) is 6.42. The van der Waals surface area contributed by atoms with Gasteiger partial charge in [0, 0.05) is 5.56 Å². The maximum atomic E-state index is 12.5. The number of rotatable bonds is 6. The van der Waals surface area contributed by atoms with Crippen LogP contribution in [0.4, 0.5) is 0 Å². The Labute approximate surface area is 167 Å². The van der Waals surface area contributed by atoms with Crippen LogP contribution >= 0.6 is 0 Å². The number of H-pyrrole nitrogens is 1. The van der Waals surface area contributed by atoms with E-state index >= 15 is 0 Å². The Morgan fingerprint density at radius 1 is 0.897 bits per heavy atom. The van der Waals surface area contributed by atoms with Gasteiger partial charge in [-0.15, -0.1) is 0 Å². The minimum absolute atomic E-state index is 0.202. The maximum Gasteiger partial charge on any atom is 0.259 e. The highest BCUT2D eigenvalue weighted by atomic mass is 16.5. The van der Waals surface area contributed by atoms with Crippen LogP contribution in [0, 0.1) is 0 Å². The lowest BCUT2D eigenvalue weighted by Crippen LogP contribution is -2.09. The Bertz CT molecular complexity index is 1200. The van der Waals surface area contributed by atoms with Crippen LogP contribution in [-0.2, 0) is 6.61 Å². The van der Waals surface area contributed by atoms with Gasteiger partial charge in [-0.2, -0.15) is 0 Å². The van der Waals surface area contributed by atoms with E-state index in [1.54, 1.807) is 32.4 Å². The van der Waals surface area contributed by atoms with E-state index in [-0.39, 0.29) is 5.56 Å². The number of benzene rings is 3. The SMILES string of the molecule is COc1cc(-c2nc3ccccc3c(=O)[nH]2)cc(OCc2ccccc2)c1OC. The molecule has 1 aromatic heterocycles. The van der Waals surface area contributed by atoms with Crippen LogP contribution in [0.25, 0.3) is 22.3 Å². The number of nitrogens with one attached hydrogen (secondary N) is 1. The molecule has 0 amide bonds. The molecule has 0 saturated carbocycles. The third-order valence-electron chi connectivity index (χ3n) is 4.57. The number of fused-ring (bicyclic) bond motifs is 1. The molecule has 1 heterocycles. The molecule has 0 atom stereocenters. The summed E-state index contributed by atoms with van der Waals surface area (Å²) in [5.74, 6) is 1.90. The summed E-state index contributed by atoms with van der Waals surface area (Å²) in [5.41, 5.74) is 2.10. The van der Waals surface area contributed by atoms with Crippen molar-refractivity contribution in [1.82, 2.24) is 9.97 Å². The van der Waals surface area contributed by atoms with Gasteiger partial charge < -0.3 is 19.2 Å². The van der Waals surface area contributed by atoms with Crippen LogP contribution < -0.4 is 19.8 Å². The van der Waals surface area contributed by atoms with E-state index in [0.29, 0.717) is 46.1 Å². The van der Waals surface area contributed by atoms with E-state index in [4.69, 9.17) is 14.2 Å². The Morgan fingerprint density at radius 2 is 1.62 bits per heavy atom. The van der Waals surface area contributed by atoms with Crippen LogP contribution in [0.2, 0.25) is 0 Å². The molecule has 0 saturated heterocycles. The van der Waals surface area contributed by atoms with Crippen molar-refractivity contribution in [2.24, 2.45) is 0 Å². The molecule has 0 radical (unpaired) electrons. The van der Waals surface area contributed by atoms with E-state index < -0.39 is 0 Å². The number of nitrogens with zero attached hydrogens (tertiary/aromatic N) is 1. The summed E-state index contributed by atoms with van der Waals surface area (Å²) in [6.07, 6.45) is 0. The molecule has 0 aliphatic heterocycles. The lowest BCUT2D eigenvalue weighted by Gasteiger charge is -2.16. The van der Waals surface area contributed by atoms with Gasteiger partial charge in [0.2, 0.25) is 5.75 Å². The highest BCUT2D eigenvalue weighted by molar-refractivity contribution is 5.79. The molecule has 4 aromatic rings. The van der Waals surface area contributed by atoms with Gasteiger partial charge in [-0.25, -0.2) is 4.98 Å². The number of hydrogen-bond donors (Lipinski definition) is 1. The molecule has 29 heavy (non-hydrogen) atoms. The minimum Gasteiger partial charge on any atom is -0.493 e.